The Labute approximate surface area is 398 Å². The summed E-state index contributed by atoms with van der Waals surface area (Å²) in [6.45, 7) is 6.65. The van der Waals surface area contributed by atoms with Crippen molar-refractivity contribution in [1.82, 2.24) is 0 Å². The van der Waals surface area contributed by atoms with Crippen molar-refractivity contribution in [2.75, 3.05) is 13.2 Å². The molecular weight excluding hydrogens is 793 g/mol. The predicted molar refractivity (Wildman–Crippen MR) is 275 cm³/mol. The van der Waals surface area contributed by atoms with Gasteiger partial charge in [0.2, 0.25) is 0 Å². The van der Waals surface area contributed by atoms with Crippen LogP contribution in [-0.4, -0.2) is 37.2 Å². The molecule has 0 aromatic heterocycles. The van der Waals surface area contributed by atoms with E-state index in [1.807, 2.05) is 0 Å². The number of hydrogen-bond donors (Lipinski definition) is 0. The Morgan fingerprint density at radius 1 is 0.297 bits per heavy atom. The van der Waals surface area contributed by atoms with E-state index in [1.165, 1.54) is 205 Å². The number of carbonyl (C=O) groups is 3. The molecule has 0 unspecified atom stereocenters. The van der Waals surface area contributed by atoms with Crippen LogP contribution in [0.4, 0.5) is 0 Å². The maximum atomic E-state index is 12.8. The number of carbonyl (C=O) groups excluding carboxylic acids is 3. The molecule has 0 aliphatic heterocycles. The van der Waals surface area contributed by atoms with E-state index in [-0.39, 0.29) is 31.1 Å². The molecule has 1 atom stereocenters. The molecule has 0 radical (unpaired) electrons. The molecule has 6 heteroatoms. The van der Waals surface area contributed by atoms with Gasteiger partial charge in [0.05, 0.1) is 0 Å². The van der Waals surface area contributed by atoms with Crippen LogP contribution in [0.15, 0.2) is 24.3 Å². The van der Waals surface area contributed by atoms with Gasteiger partial charge in [-0.2, -0.15) is 0 Å². The molecule has 0 N–H and O–H groups in total. The summed E-state index contributed by atoms with van der Waals surface area (Å²) in [5.74, 6) is -0.866. The predicted octanol–water partition coefficient (Wildman–Crippen LogP) is 18.7. The number of esters is 3. The molecule has 0 amide bonds. The molecule has 0 aliphatic carbocycles. The first-order valence-corrected chi connectivity index (χ1v) is 28.3. The topological polar surface area (TPSA) is 78.9 Å². The molecule has 0 bridgehead atoms. The molecular formula is C58H108O6. The summed E-state index contributed by atoms with van der Waals surface area (Å²) in [4.78, 5) is 38.1. The van der Waals surface area contributed by atoms with Gasteiger partial charge in [-0.3, -0.25) is 14.4 Å². The normalized spacial score (nSPS) is 12.1. The molecule has 0 saturated heterocycles. The molecule has 64 heavy (non-hydrogen) atoms. The van der Waals surface area contributed by atoms with Gasteiger partial charge in [-0.1, -0.05) is 244 Å². The van der Waals surface area contributed by atoms with Crippen molar-refractivity contribution in [3.05, 3.63) is 24.3 Å². The first-order valence-electron chi connectivity index (χ1n) is 28.3. The number of rotatable bonds is 52. The lowest BCUT2D eigenvalue weighted by molar-refractivity contribution is -0.167. The fourth-order valence-electron chi connectivity index (χ4n) is 8.37. The van der Waals surface area contributed by atoms with Crippen molar-refractivity contribution in [2.24, 2.45) is 0 Å². The Bertz CT molecular complexity index is 1040. The lowest BCUT2D eigenvalue weighted by Crippen LogP contribution is -2.30. The highest BCUT2D eigenvalue weighted by atomic mass is 16.6. The van der Waals surface area contributed by atoms with Crippen LogP contribution in [0, 0.1) is 0 Å². The van der Waals surface area contributed by atoms with E-state index in [9.17, 15) is 14.4 Å². The van der Waals surface area contributed by atoms with Crippen molar-refractivity contribution in [1.29, 1.82) is 0 Å². The van der Waals surface area contributed by atoms with Crippen LogP contribution in [0.3, 0.4) is 0 Å². The Morgan fingerprint density at radius 2 is 0.516 bits per heavy atom. The van der Waals surface area contributed by atoms with Crippen LogP contribution < -0.4 is 0 Å². The summed E-state index contributed by atoms with van der Waals surface area (Å²) in [7, 11) is 0. The largest absolute Gasteiger partial charge is 0.462 e. The second-order valence-corrected chi connectivity index (χ2v) is 19.2. The number of unbranched alkanes of at least 4 members (excludes halogenated alkanes) is 37. The van der Waals surface area contributed by atoms with Gasteiger partial charge < -0.3 is 14.2 Å². The van der Waals surface area contributed by atoms with Gasteiger partial charge >= 0.3 is 17.9 Å². The molecule has 0 saturated carbocycles. The van der Waals surface area contributed by atoms with Gasteiger partial charge in [-0.25, -0.2) is 0 Å². The Kier molecular flexibility index (Phi) is 51.7. The molecule has 6 nitrogen and oxygen atoms in total. The first kappa shape index (κ1) is 61.9. The maximum Gasteiger partial charge on any atom is 0.306 e. The zero-order valence-corrected chi connectivity index (χ0v) is 43.1. The Hall–Kier alpha value is -2.11. The highest BCUT2D eigenvalue weighted by Gasteiger charge is 2.19. The number of ether oxygens (including phenoxy) is 3. The van der Waals surface area contributed by atoms with Crippen LogP contribution in [0.1, 0.15) is 310 Å². The first-order chi connectivity index (χ1) is 31.5. The van der Waals surface area contributed by atoms with E-state index in [0.29, 0.717) is 19.3 Å². The van der Waals surface area contributed by atoms with E-state index in [0.717, 1.165) is 64.2 Å². The van der Waals surface area contributed by atoms with Gasteiger partial charge in [-0.05, 0) is 70.6 Å². The third kappa shape index (κ3) is 50.9. The van der Waals surface area contributed by atoms with Crippen LogP contribution in [0.2, 0.25) is 0 Å². The molecule has 0 aromatic rings. The third-order valence-electron chi connectivity index (χ3n) is 12.7. The SMILES string of the molecule is CCCCCC/C=C/CCCCCCCCCC(=O)O[C@H](COC(=O)CCCCCCC/C=C/CCCCCCC)COC(=O)CCCCCCCCCCCCCCCCCCC. The minimum Gasteiger partial charge on any atom is -0.462 e. The summed E-state index contributed by atoms with van der Waals surface area (Å²) in [6.07, 6.45) is 61.6. The second kappa shape index (κ2) is 53.5. The van der Waals surface area contributed by atoms with Gasteiger partial charge in [0.15, 0.2) is 6.10 Å². The smallest absolute Gasteiger partial charge is 0.306 e. The zero-order chi connectivity index (χ0) is 46.5. The molecule has 0 spiro atoms. The fraction of sp³-hybridized carbons (Fsp3) is 0.879. The van der Waals surface area contributed by atoms with Crippen molar-refractivity contribution >= 4 is 17.9 Å². The lowest BCUT2D eigenvalue weighted by atomic mass is 10.0. The molecule has 0 aliphatic rings. The monoisotopic (exact) mass is 901 g/mol. The summed E-state index contributed by atoms with van der Waals surface area (Å²) < 4.78 is 16.9. The van der Waals surface area contributed by atoms with Crippen LogP contribution in [0.25, 0.3) is 0 Å². The zero-order valence-electron chi connectivity index (χ0n) is 43.1. The quantitative estimate of drug-likeness (QED) is 0.0262. The fourth-order valence-corrected chi connectivity index (χ4v) is 8.37. The summed E-state index contributed by atoms with van der Waals surface area (Å²) in [5, 5.41) is 0. The van der Waals surface area contributed by atoms with Crippen molar-refractivity contribution in [3.63, 3.8) is 0 Å². The van der Waals surface area contributed by atoms with E-state index in [1.54, 1.807) is 0 Å². The summed E-state index contributed by atoms with van der Waals surface area (Å²) >= 11 is 0. The molecule has 0 fully saturated rings. The highest BCUT2D eigenvalue weighted by Crippen LogP contribution is 2.16. The maximum absolute atomic E-state index is 12.8. The van der Waals surface area contributed by atoms with Gasteiger partial charge in [0, 0.05) is 19.3 Å². The van der Waals surface area contributed by atoms with E-state index in [2.05, 4.69) is 45.1 Å². The molecule has 0 aromatic carbocycles. The number of hydrogen-bond acceptors (Lipinski definition) is 6. The average Bonchev–Trinajstić information content (AvgIpc) is 3.29. The summed E-state index contributed by atoms with van der Waals surface area (Å²) in [5.41, 5.74) is 0. The Morgan fingerprint density at radius 3 is 0.797 bits per heavy atom. The number of allylic oxidation sites excluding steroid dienone is 4. The lowest BCUT2D eigenvalue weighted by Gasteiger charge is -2.18. The standard InChI is InChI=1S/C58H108O6/c1-4-7-10-13-16-19-22-25-28-29-31-33-36-39-42-45-48-51-57(60)63-54-55(53-62-56(59)50-47-44-41-38-35-32-27-24-21-18-15-12-9-6-3)64-58(61)52-49-46-43-40-37-34-30-26-23-20-17-14-11-8-5-2/h20,23-24,27,55H,4-19,21-22,25-26,28-54H2,1-3H3/b23-20+,27-24+/t55-/m1/s1. The molecule has 0 rings (SSSR count). The Balaban J connectivity index is 4.34. The van der Waals surface area contributed by atoms with Gasteiger partial charge in [0.1, 0.15) is 13.2 Å². The van der Waals surface area contributed by atoms with E-state index < -0.39 is 6.10 Å². The second-order valence-electron chi connectivity index (χ2n) is 19.2. The van der Waals surface area contributed by atoms with Crippen LogP contribution >= 0.6 is 0 Å². The van der Waals surface area contributed by atoms with E-state index in [4.69, 9.17) is 14.2 Å². The van der Waals surface area contributed by atoms with Gasteiger partial charge in [0.25, 0.3) is 0 Å². The highest BCUT2D eigenvalue weighted by molar-refractivity contribution is 5.71. The van der Waals surface area contributed by atoms with E-state index >= 15 is 0 Å². The minimum absolute atomic E-state index is 0.0713. The van der Waals surface area contributed by atoms with Crippen LogP contribution in [-0.2, 0) is 28.6 Å². The van der Waals surface area contributed by atoms with Crippen LogP contribution in [0.5, 0.6) is 0 Å². The minimum atomic E-state index is -0.772. The van der Waals surface area contributed by atoms with Crippen molar-refractivity contribution in [3.8, 4) is 0 Å². The average molecular weight is 901 g/mol. The molecule has 0 heterocycles. The van der Waals surface area contributed by atoms with Crippen molar-refractivity contribution in [2.45, 2.75) is 316 Å². The van der Waals surface area contributed by atoms with Gasteiger partial charge in [-0.15, -0.1) is 0 Å². The van der Waals surface area contributed by atoms with Crippen molar-refractivity contribution < 1.29 is 28.6 Å². The third-order valence-corrected chi connectivity index (χ3v) is 12.7. The molecule has 376 valence electrons. The summed E-state index contributed by atoms with van der Waals surface area (Å²) in [6, 6.07) is 0.